The average molecular weight is 390 g/mol. The molecule has 1 aromatic carbocycles. The van der Waals surface area contributed by atoms with Gasteiger partial charge in [-0.2, -0.15) is 4.98 Å². The van der Waals surface area contributed by atoms with Gasteiger partial charge in [0.1, 0.15) is 0 Å². The lowest BCUT2D eigenvalue weighted by molar-refractivity contribution is 0.0698. The number of methoxy groups -OCH3 is 1. The first-order valence-electron chi connectivity index (χ1n) is 9.70. The van der Waals surface area contributed by atoms with Crippen molar-refractivity contribution in [3.8, 4) is 11.5 Å². The Morgan fingerprint density at radius 1 is 1.21 bits per heavy atom. The summed E-state index contributed by atoms with van der Waals surface area (Å²) in [4.78, 5) is 8.69. The zero-order valence-corrected chi connectivity index (χ0v) is 17.0. The van der Waals surface area contributed by atoms with Crippen molar-refractivity contribution < 1.29 is 14.0 Å². The molecule has 0 fully saturated rings. The molecule has 0 radical (unpaired) electrons. The number of aryl methyl sites for hydroxylation is 1. The molecule has 2 N–H and O–H groups in total. The Morgan fingerprint density at radius 2 is 2.11 bits per heavy atom. The number of nitrogens with one attached hydrogen (secondary N) is 2. The van der Waals surface area contributed by atoms with Crippen LogP contribution in [-0.2, 0) is 22.4 Å². The maximum Gasteiger partial charge on any atom is 0.257 e. The van der Waals surface area contributed by atoms with E-state index in [1.54, 1.807) is 14.2 Å². The standard InChI is InChI=1S/C20H31N5O3/c1-4-7-18-24-19(28-25-18)17-9-5-8-16(14-17)15-23-20(21-2)22-10-6-11-27-13-12-26-3/h5,8-9,14H,4,6-7,10-13,15H2,1-3H3,(H2,21,22,23). The fraction of sp³-hybridized carbons (Fsp3) is 0.550. The molecule has 0 unspecified atom stereocenters. The first-order chi connectivity index (χ1) is 13.8. The molecule has 0 saturated carbocycles. The molecule has 0 aliphatic heterocycles. The van der Waals surface area contributed by atoms with Crippen LogP contribution in [0, 0.1) is 0 Å². The molecular weight excluding hydrogens is 358 g/mol. The summed E-state index contributed by atoms with van der Waals surface area (Å²) < 4.78 is 15.8. The van der Waals surface area contributed by atoms with Crippen LogP contribution in [0.25, 0.3) is 11.5 Å². The van der Waals surface area contributed by atoms with Gasteiger partial charge < -0.3 is 24.6 Å². The smallest absolute Gasteiger partial charge is 0.257 e. The first-order valence-corrected chi connectivity index (χ1v) is 9.70. The molecule has 28 heavy (non-hydrogen) atoms. The van der Waals surface area contributed by atoms with Crippen LogP contribution in [0.3, 0.4) is 0 Å². The van der Waals surface area contributed by atoms with Gasteiger partial charge in [0.25, 0.3) is 5.89 Å². The highest BCUT2D eigenvalue weighted by molar-refractivity contribution is 5.79. The van der Waals surface area contributed by atoms with Crippen molar-refractivity contribution in [2.45, 2.75) is 32.7 Å². The van der Waals surface area contributed by atoms with Gasteiger partial charge in [-0.1, -0.05) is 24.2 Å². The minimum absolute atomic E-state index is 0.557. The van der Waals surface area contributed by atoms with Crippen molar-refractivity contribution in [3.05, 3.63) is 35.7 Å². The van der Waals surface area contributed by atoms with E-state index in [1.807, 2.05) is 18.2 Å². The second kappa shape index (κ2) is 12.9. The van der Waals surface area contributed by atoms with Crippen LogP contribution >= 0.6 is 0 Å². The predicted octanol–water partition coefficient (Wildman–Crippen LogP) is 2.41. The number of aromatic nitrogens is 2. The molecule has 0 aliphatic rings. The fourth-order valence-corrected chi connectivity index (χ4v) is 2.54. The summed E-state index contributed by atoms with van der Waals surface area (Å²) in [6, 6.07) is 8.07. The molecule has 2 rings (SSSR count). The summed E-state index contributed by atoms with van der Waals surface area (Å²) in [5.74, 6) is 2.06. The van der Waals surface area contributed by atoms with Gasteiger partial charge in [0.15, 0.2) is 11.8 Å². The lowest BCUT2D eigenvalue weighted by Crippen LogP contribution is -2.37. The predicted molar refractivity (Wildman–Crippen MR) is 109 cm³/mol. The quantitative estimate of drug-likeness (QED) is 0.327. The van der Waals surface area contributed by atoms with Crippen LogP contribution in [0.5, 0.6) is 0 Å². The normalized spacial score (nSPS) is 11.6. The Bertz CT molecular complexity index is 717. The van der Waals surface area contributed by atoms with Crippen molar-refractivity contribution in [2.24, 2.45) is 4.99 Å². The molecule has 1 aromatic heterocycles. The molecule has 0 aliphatic carbocycles. The van der Waals surface area contributed by atoms with E-state index in [9.17, 15) is 0 Å². The molecule has 0 saturated heterocycles. The second-order valence-corrected chi connectivity index (χ2v) is 6.28. The van der Waals surface area contributed by atoms with E-state index in [2.05, 4.69) is 38.8 Å². The van der Waals surface area contributed by atoms with Crippen molar-refractivity contribution in [2.75, 3.05) is 40.5 Å². The van der Waals surface area contributed by atoms with Crippen LogP contribution in [0.4, 0.5) is 0 Å². The average Bonchev–Trinajstić information content (AvgIpc) is 3.19. The minimum atomic E-state index is 0.557. The summed E-state index contributed by atoms with van der Waals surface area (Å²) in [6.07, 6.45) is 2.72. The summed E-state index contributed by atoms with van der Waals surface area (Å²) in [5, 5.41) is 10.6. The van der Waals surface area contributed by atoms with E-state index in [0.717, 1.165) is 48.7 Å². The van der Waals surface area contributed by atoms with E-state index in [4.69, 9.17) is 14.0 Å². The molecule has 8 nitrogen and oxygen atoms in total. The number of benzene rings is 1. The highest BCUT2D eigenvalue weighted by Gasteiger charge is 2.09. The number of nitrogens with zero attached hydrogens (tertiary/aromatic N) is 3. The topological polar surface area (TPSA) is 93.8 Å². The van der Waals surface area contributed by atoms with Gasteiger partial charge in [-0.05, 0) is 30.5 Å². The fourth-order valence-electron chi connectivity index (χ4n) is 2.54. The Balaban J connectivity index is 1.77. The molecule has 0 bridgehead atoms. The van der Waals surface area contributed by atoms with E-state index in [0.29, 0.717) is 32.3 Å². The molecule has 0 amide bonds. The van der Waals surface area contributed by atoms with Crippen LogP contribution < -0.4 is 10.6 Å². The monoisotopic (exact) mass is 389 g/mol. The van der Waals surface area contributed by atoms with Gasteiger partial charge in [0.05, 0.1) is 13.2 Å². The zero-order valence-electron chi connectivity index (χ0n) is 17.0. The summed E-state index contributed by atoms with van der Waals surface area (Å²) in [5.41, 5.74) is 2.03. The van der Waals surface area contributed by atoms with E-state index in [-0.39, 0.29) is 0 Å². The largest absolute Gasteiger partial charge is 0.382 e. The van der Waals surface area contributed by atoms with Crippen LogP contribution in [0.2, 0.25) is 0 Å². The van der Waals surface area contributed by atoms with Gasteiger partial charge >= 0.3 is 0 Å². The van der Waals surface area contributed by atoms with Crippen molar-refractivity contribution in [3.63, 3.8) is 0 Å². The Labute approximate surface area is 166 Å². The number of hydrogen-bond acceptors (Lipinski definition) is 6. The summed E-state index contributed by atoms with van der Waals surface area (Å²) in [6.45, 7) is 5.47. The molecule has 1 heterocycles. The van der Waals surface area contributed by atoms with Crippen molar-refractivity contribution in [1.29, 1.82) is 0 Å². The maximum atomic E-state index is 5.45. The Hall–Kier alpha value is -2.45. The number of rotatable bonds is 12. The molecular formula is C20H31N5O3. The van der Waals surface area contributed by atoms with Gasteiger partial charge in [-0.25, -0.2) is 0 Å². The number of hydrogen-bond donors (Lipinski definition) is 2. The van der Waals surface area contributed by atoms with Crippen molar-refractivity contribution in [1.82, 2.24) is 20.8 Å². The highest BCUT2D eigenvalue weighted by atomic mass is 16.5. The van der Waals surface area contributed by atoms with E-state index < -0.39 is 0 Å². The third kappa shape index (κ3) is 7.66. The lowest BCUT2D eigenvalue weighted by atomic mass is 10.1. The van der Waals surface area contributed by atoms with Gasteiger partial charge in [-0.15, -0.1) is 0 Å². The first kappa shape index (κ1) is 21.8. The number of guanidine groups is 1. The third-order valence-corrected chi connectivity index (χ3v) is 3.99. The van der Waals surface area contributed by atoms with Crippen LogP contribution in [0.1, 0.15) is 31.2 Å². The maximum absolute atomic E-state index is 5.45. The van der Waals surface area contributed by atoms with E-state index >= 15 is 0 Å². The molecule has 0 atom stereocenters. The minimum Gasteiger partial charge on any atom is -0.382 e. The summed E-state index contributed by atoms with van der Waals surface area (Å²) in [7, 11) is 3.43. The number of aliphatic imine (C=N–C) groups is 1. The summed E-state index contributed by atoms with van der Waals surface area (Å²) >= 11 is 0. The molecule has 2 aromatic rings. The lowest BCUT2D eigenvalue weighted by Gasteiger charge is -2.12. The molecule has 0 spiro atoms. The van der Waals surface area contributed by atoms with Gasteiger partial charge in [-0.3, -0.25) is 4.99 Å². The van der Waals surface area contributed by atoms with Gasteiger partial charge in [0, 0.05) is 45.8 Å². The van der Waals surface area contributed by atoms with Crippen LogP contribution in [-0.4, -0.2) is 56.6 Å². The van der Waals surface area contributed by atoms with Crippen LogP contribution in [0.15, 0.2) is 33.8 Å². The highest BCUT2D eigenvalue weighted by Crippen LogP contribution is 2.18. The third-order valence-electron chi connectivity index (χ3n) is 3.99. The van der Waals surface area contributed by atoms with Gasteiger partial charge in [0.2, 0.25) is 0 Å². The SMILES string of the molecule is CCCc1noc(-c2cccc(CNC(=NC)NCCCOCCOC)c2)n1. The van der Waals surface area contributed by atoms with Crippen molar-refractivity contribution >= 4 is 5.96 Å². The zero-order chi connectivity index (χ0) is 20.0. The Kier molecular flexibility index (Phi) is 10.0. The number of ether oxygens (including phenoxy) is 2. The molecule has 154 valence electrons. The Morgan fingerprint density at radius 3 is 2.89 bits per heavy atom. The second-order valence-electron chi connectivity index (χ2n) is 6.28. The molecule has 8 heteroatoms. The van der Waals surface area contributed by atoms with E-state index in [1.165, 1.54) is 0 Å².